The van der Waals surface area contributed by atoms with Crippen molar-refractivity contribution in [3.05, 3.63) is 75.3 Å². The Hall–Kier alpha value is -2.16. The molecule has 0 aliphatic rings. The molecule has 0 aliphatic carbocycles. The lowest BCUT2D eigenvalue weighted by Gasteiger charge is -2.13. The van der Waals surface area contributed by atoms with Gasteiger partial charge >= 0.3 is 0 Å². The van der Waals surface area contributed by atoms with Crippen LogP contribution in [0.3, 0.4) is 0 Å². The van der Waals surface area contributed by atoms with Crippen LogP contribution in [0.25, 0.3) is 0 Å². The third-order valence-electron chi connectivity index (χ3n) is 3.23. The van der Waals surface area contributed by atoms with Gasteiger partial charge in [0.2, 0.25) is 0 Å². The van der Waals surface area contributed by atoms with Crippen LogP contribution in [0.1, 0.15) is 36.5 Å². The molecule has 0 spiro atoms. The minimum absolute atomic E-state index is 0.218. The van der Waals surface area contributed by atoms with Gasteiger partial charge in [-0.15, -0.1) is 0 Å². The summed E-state index contributed by atoms with van der Waals surface area (Å²) in [7, 11) is 0. The van der Waals surface area contributed by atoms with Gasteiger partial charge in [0.1, 0.15) is 0 Å². The van der Waals surface area contributed by atoms with E-state index in [2.05, 4.69) is 13.8 Å². The lowest BCUT2D eigenvalue weighted by molar-refractivity contribution is -0.385. The maximum absolute atomic E-state index is 11.2. The average Bonchev–Trinajstić information content (AvgIpc) is 2.39. The molecule has 0 aliphatic heterocycles. The summed E-state index contributed by atoms with van der Waals surface area (Å²) in [6.07, 6.45) is 0.603. The number of nitro groups is 1. The van der Waals surface area contributed by atoms with Crippen LogP contribution in [0.4, 0.5) is 5.69 Å². The van der Waals surface area contributed by atoms with Crippen LogP contribution in [0, 0.1) is 10.1 Å². The maximum Gasteiger partial charge on any atom is 0.273 e. The number of rotatable bonds is 4. The van der Waals surface area contributed by atoms with Gasteiger partial charge in [0.05, 0.1) is 4.92 Å². The predicted molar refractivity (Wildman–Crippen MR) is 76.4 cm³/mol. The molecule has 98 valence electrons. The third-order valence-corrected chi connectivity index (χ3v) is 3.23. The topological polar surface area (TPSA) is 43.1 Å². The van der Waals surface area contributed by atoms with Crippen LogP contribution in [0.15, 0.2) is 48.5 Å². The highest BCUT2D eigenvalue weighted by Crippen LogP contribution is 2.29. The van der Waals surface area contributed by atoms with E-state index in [0.29, 0.717) is 6.42 Å². The van der Waals surface area contributed by atoms with E-state index in [1.807, 2.05) is 36.4 Å². The first-order valence-corrected chi connectivity index (χ1v) is 6.39. The Bertz CT molecular complexity index is 577. The van der Waals surface area contributed by atoms with Crippen LogP contribution in [-0.4, -0.2) is 4.92 Å². The van der Waals surface area contributed by atoms with Gasteiger partial charge in [-0.25, -0.2) is 0 Å². The van der Waals surface area contributed by atoms with Crippen LogP contribution >= 0.6 is 0 Å². The van der Waals surface area contributed by atoms with Crippen molar-refractivity contribution in [1.29, 1.82) is 0 Å². The molecule has 0 aromatic heterocycles. The summed E-state index contributed by atoms with van der Waals surface area (Å²) in [6, 6.07) is 15.2. The lowest BCUT2D eigenvalue weighted by atomic mass is 9.92. The van der Waals surface area contributed by atoms with Crippen molar-refractivity contribution in [2.24, 2.45) is 0 Å². The monoisotopic (exact) mass is 255 g/mol. The van der Waals surface area contributed by atoms with E-state index < -0.39 is 0 Å². The summed E-state index contributed by atoms with van der Waals surface area (Å²) in [5.74, 6) is 0.276. The van der Waals surface area contributed by atoms with Crippen molar-refractivity contribution in [1.82, 2.24) is 0 Å². The van der Waals surface area contributed by atoms with Gasteiger partial charge in [-0.3, -0.25) is 10.1 Å². The fourth-order valence-corrected chi connectivity index (χ4v) is 2.30. The zero-order chi connectivity index (χ0) is 13.8. The fraction of sp³-hybridized carbons (Fsp3) is 0.250. The molecular weight excluding hydrogens is 238 g/mol. The van der Waals surface area contributed by atoms with Gasteiger partial charge < -0.3 is 0 Å². The number of nitrogens with zero attached hydrogens (tertiary/aromatic N) is 1. The van der Waals surface area contributed by atoms with Crippen LogP contribution in [0.2, 0.25) is 0 Å². The van der Waals surface area contributed by atoms with Crippen LogP contribution < -0.4 is 0 Å². The van der Waals surface area contributed by atoms with E-state index >= 15 is 0 Å². The number of benzene rings is 2. The molecule has 0 saturated carbocycles. The molecule has 3 nitrogen and oxygen atoms in total. The van der Waals surface area contributed by atoms with E-state index in [4.69, 9.17) is 0 Å². The largest absolute Gasteiger partial charge is 0.273 e. The molecular formula is C16H17NO2. The molecule has 2 aromatic rings. The maximum atomic E-state index is 11.2. The van der Waals surface area contributed by atoms with Gasteiger partial charge in [-0.2, -0.15) is 0 Å². The molecule has 0 saturated heterocycles. The summed E-state index contributed by atoms with van der Waals surface area (Å²) in [4.78, 5) is 10.9. The molecule has 0 amide bonds. The Morgan fingerprint density at radius 3 is 2.32 bits per heavy atom. The van der Waals surface area contributed by atoms with Gasteiger partial charge in [0.15, 0.2) is 0 Å². The molecule has 0 unspecified atom stereocenters. The third kappa shape index (κ3) is 2.99. The molecule has 0 heterocycles. The normalized spacial score (nSPS) is 10.7. The number of nitro benzene ring substituents is 1. The Morgan fingerprint density at radius 1 is 1.05 bits per heavy atom. The summed E-state index contributed by atoms with van der Waals surface area (Å²) >= 11 is 0. The zero-order valence-electron chi connectivity index (χ0n) is 11.2. The van der Waals surface area contributed by atoms with Crippen molar-refractivity contribution < 1.29 is 4.92 Å². The first-order valence-electron chi connectivity index (χ1n) is 6.39. The van der Waals surface area contributed by atoms with E-state index in [-0.39, 0.29) is 16.5 Å². The molecule has 0 N–H and O–H groups in total. The molecule has 19 heavy (non-hydrogen) atoms. The van der Waals surface area contributed by atoms with Gasteiger partial charge in [0, 0.05) is 18.1 Å². The molecule has 2 aromatic carbocycles. The first kappa shape index (κ1) is 13.3. The van der Waals surface area contributed by atoms with Gasteiger partial charge in [-0.05, 0) is 17.0 Å². The highest BCUT2D eigenvalue weighted by atomic mass is 16.6. The summed E-state index contributed by atoms with van der Waals surface area (Å²) in [5, 5.41) is 11.2. The second-order valence-electron chi connectivity index (χ2n) is 4.92. The van der Waals surface area contributed by atoms with E-state index in [9.17, 15) is 10.1 Å². The second-order valence-corrected chi connectivity index (χ2v) is 4.92. The zero-order valence-corrected chi connectivity index (χ0v) is 11.2. The SMILES string of the molecule is CC(C)c1cccc([N+](=O)[O-])c1Cc1ccccc1. The number of hydrogen-bond acceptors (Lipinski definition) is 2. The van der Waals surface area contributed by atoms with Gasteiger partial charge in [-0.1, -0.05) is 56.3 Å². The average molecular weight is 255 g/mol. The quantitative estimate of drug-likeness (QED) is 0.603. The Balaban J connectivity index is 2.49. The minimum Gasteiger partial charge on any atom is -0.258 e. The van der Waals surface area contributed by atoms with Crippen molar-refractivity contribution in [2.45, 2.75) is 26.2 Å². The van der Waals surface area contributed by atoms with Crippen molar-refractivity contribution in [3.8, 4) is 0 Å². The fourth-order valence-electron chi connectivity index (χ4n) is 2.30. The Labute approximate surface area is 113 Å². The molecule has 0 atom stereocenters. The smallest absolute Gasteiger partial charge is 0.258 e. The van der Waals surface area contributed by atoms with Crippen LogP contribution in [-0.2, 0) is 6.42 Å². The molecule has 3 heteroatoms. The van der Waals surface area contributed by atoms with Crippen molar-refractivity contribution >= 4 is 5.69 Å². The van der Waals surface area contributed by atoms with E-state index in [0.717, 1.165) is 16.7 Å². The number of hydrogen-bond donors (Lipinski definition) is 0. The minimum atomic E-state index is -0.288. The summed E-state index contributed by atoms with van der Waals surface area (Å²) in [5.41, 5.74) is 3.19. The Kier molecular flexibility index (Phi) is 3.95. The van der Waals surface area contributed by atoms with Gasteiger partial charge in [0.25, 0.3) is 5.69 Å². The lowest BCUT2D eigenvalue weighted by Crippen LogP contribution is -2.03. The molecule has 0 fully saturated rings. The first-order chi connectivity index (χ1) is 9.09. The standard InChI is InChI=1S/C16H17NO2/c1-12(2)14-9-6-10-16(17(18)19)15(14)11-13-7-4-3-5-8-13/h3-10,12H,11H2,1-2H3. The van der Waals surface area contributed by atoms with Crippen LogP contribution in [0.5, 0.6) is 0 Å². The van der Waals surface area contributed by atoms with E-state index in [1.165, 1.54) is 0 Å². The van der Waals surface area contributed by atoms with Crippen molar-refractivity contribution in [2.75, 3.05) is 0 Å². The highest BCUT2D eigenvalue weighted by Gasteiger charge is 2.18. The Morgan fingerprint density at radius 2 is 1.74 bits per heavy atom. The summed E-state index contributed by atoms with van der Waals surface area (Å²) in [6.45, 7) is 4.13. The molecule has 0 radical (unpaired) electrons. The van der Waals surface area contributed by atoms with Crippen molar-refractivity contribution in [3.63, 3.8) is 0 Å². The van der Waals surface area contributed by atoms with E-state index in [1.54, 1.807) is 12.1 Å². The summed E-state index contributed by atoms with van der Waals surface area (Å²) < 4.78 is 0. The molecule has 0 bridgehead atoms. The molecule has 2 rings (SSSR count). The predicted octanol–water partition coefficient (Wildman–Crippen LogP) is 4.31. The second kappa shape index (κ2) is 5.65. The highest BCUT2D eigenvalue weighted by molar-refractivity contribution is 5.49.